The second-order valence-corrected chi connectivity index (χ2v) is 6.74. The van der Waals surface area contributed by atoms with Gasteiger partial charge in [0, 0.05) is 24.2 Å². The van der Waals surface area contributed by atoms with Crippen LogP contribution in [-0.4, -0.2) is 41.9 Å². The number of nitrogens with zero attached hydrogens (tertiary/aromatic N) is 1. The molecule has 2 heterocycles. The molecule has 2 amide bonds. The summed E-state index contributed by atoms with van der Waals surface area (Å²) in [5, 5.41) is 3.55. The number of rotatable bonds is 5. The number of piperidine rings is 1. The fourth-order valence-corrected chi connectivity index (χ4v) is 3.09. The molecule has 26 heavy (non-hydrogen) atoms. The summed E-state index contributed by atoms with van der Waals surface area (Å²) in [7, 11) is 0. The minimum Gasteiger partial charge on any atom is -0.481 e. The maximum Gasteiger partial charge on any atom is 0.260 e. The van der Waals surface area contributed by atoms with Gasteiger partial charge in [-0.2, -0.15) is 0 Å². The van der Waals surface area contributed by atoms with Gasteiger partial charge in [0.1, 0.15) is 12.0 Å². The van der Waals surface area contributed by atoms with E-state index in [4.69, 9.17) is 20.8 Å². The van der Waals surface area contributed by atoms with Gasteiger partial charge < -0.3 is 19.4 Å². The fraction of sp³-hybridized carbons (Fsp3) is 0.368. The van der Waals surface area contributed by atoms with Gasteiger partial charge in [-0.05, 0) is 44.0 Å². The first-order valence-electron chi connectivity index (χ1n) is 8.57. The Bertz CT molecular complexity index is 755. The average Bonchev–Trinajstić information content (AvgIpc) is 3.16. The van der Waals surface area contributed by atoms with E-state index in [-0.39, 0.29) is 17.9 Å². The van der Waals surface area contributed by atoms with Crippen molar-refractivity contribution in [2.45, 2.75) is 31.9 Å². The lowest BCUT2D eigenvalue weighted by molar-refractivity contribution is -0.128. The standard InChI is InChI=1S/C19H21ClN2O4/c1-13(26-17-4-2-3-15(20)11-17)18(23)21-16-5-8-22(9-6-16)19(24)14-7-10-25-12-14/h2-4,7,10-13,16H,5-6,8-9H2,1H3,(H,21,23). The van der Waals surface area contributed by atoms with E-state index in [0.29, 0.717) is 42.3 Å². The molecule has 0 aliphatic carbocycles. The number of ether oxygens (including phenoxy) is 1. The first kappa shape index (κ1) is 18.3. The Morgan fingerprint density at radius 2 is 2.08 bits per heavy atom. The Morgan fingerprint density at radius 1 is 1.31 bits per heavy atom. The minimum absolute atomic E-state index is 0.0290. The van der Waals surface area contributed by atoms with Crippen molar-refractivity contribution in [2.24, 2.45) is 0 Å². The summed E-state index contributed by atoms with van der Waals surface area (Å²) in [4.78, 5) is 26.4. The Balaban J connectivity index is 1.46. The second kappa shape index (κ2) is 8.27. The summed E-state index contributed by atoms with van der Waals surface area (Å²) < 4.78 is 10.6. The molecule has 3 rings (SSSR count). The number of carbonyl (C=O) groups is 2. The molecule has 1 aromatic heterocycles. The predicted molar refractivity (Wildman–Crippen MR) is 97.3 cm³/mol. The zero-order valence-corrected chi connectivity index (χ0v) is 15.2. The highest BCUT2D eigenvalue weighted by Crippen LogP contribution is 2.19. The molecule has 1 saturated heterocycles. The van der Waals surface area contributed by atoms with E-state index >= 15 is 0 Å². The third-order valence-corrected chi connectivity index (χ3v) is 4.61. The highest BCUT2D eigenvalue weighted by Gasteiger charge is 2.26. The van der Waals surface area contributed by atoms with Crippen LogP contribution in [0.15, 0.2) is 47.3 Å². The summed E-state index contributed by atoms with van der Waals surface area (Å²) in [6, 6.07) is 8.64. The van der Waals surface area contributed by atoms with Gasteiger partial charge in [0.15, 0.2) is 6.10 Å². The van der Waals surface area contributed by atoms with Crippen LogP contribution in [0.4, 0.5) is 0 Å². The number of hydrogen-bond donors (Lipinski definition) is 1. The van der Waals surface area contributed by atoms with Gasteiger partial charge in [-0.1, -0.05) is 17.7 Å². The van der Waals surface area contributed by atoms with E-state index in [1.807, 2.05) is 0 Å². The summed E-state index contributed by atoms with van der Waals surface area (Å²) in [5.41, 5.74) is 0.552. The molecule has 1 N–H and O–H groups in total. The van der Waals surface area contributed by atoms with Gasteiger partial charge in [-0.15, -0.1) is 0 Å². The van der Waals surface area contributed by atoms with E-state index in [1.165, 1.54) is 12.5 Å². The van der Waals surface area contributed by atoms with Crippen LogP contribution in [0.5, 0.6) is 5.75 Å². The summed E-state index contributed by atoms with van der Waals surface area (Å²) in [6.45, 7) is 2.89. The summed E-state index contributed by atoms with van der Waals surface area (Å²) in [5.74, 6) is 0.339. The SMILES string of the molecule is CC(Oc1cccc(Cl)c1)C(=O)NC1CCN(C(=O)c2ccoc2)CC1. The minimum atomic E-state index is -0.626. The number of carbonyl (C=O) groups excluding carboxylic acids is 2. The number of furan rings is 1. The Labute approximate surface area is 157 Å². The molecule has 0 bridgehead atoms. The van der Waals surface area contributed by atoms with Crippen LogP contribution in [0, 0.1) is 0 Å². The maximum atomic E-state index is 12.3. The summed E-state index contributed by atoms with van der Waals surface area (Å²) in [6.07, 6.45) is 3.73. The van der Waals surface area contributed by atoms with Crippen molar-refractivity contribution in [1.82, 2.24) is 10.2 Å². The van der Waals surface area contributed by atoms with Gasteiger partial charge in [0.25, 0.3) is 11.8 Å². The Kier molecular flexibility index (Phi) is 5.83. The smallest absolute Gasteiger partial charge is 0.260 e. The molecule has 1 aromatic carbocycles. The van der Waals surface area contributed by atoms with Crippen molar-refractivity contribution in [3.8, 4) is 5.75 Å². The number of hydrogen-bond acceptors (Lipinski definition) is 4. The first-order valence-corrected chi connectivity index (χ1v) is 8.95. The molecule has 1 aliphatic rings. The Hall–Kier alpha value is -2.47. The number of likely N-dealkylation sites (tertiary alicyclic amines) is 1. The molecule has 1 unspecified atom stereocenters. The second-order valence-electron chi connectivity index (χ2n) is 6.30. The van der Waals surface area contributed by atoms with Crippen LogP contribution in [0.1, 0.15) is 30.1 Å². The predicted octanol–water partition coefficient (Wildman–Crippen LogP) is 3.12. The lowest BCUT2D eigenvalue weighted by Gasteiger charge is -2.32. The Morgan fingerprint density at radius 3 is 2.73 bits per heavy atom. The van der Waals surface area contributed by atoms with Crippen LogP contribution in [0.2, 0.25) is 5.02 Å². The molecule has 138 valence electrons. The van der Waals surface area contributed by atoms with Crippen molar-refractivity contribution in [2.75, 3.05) is 13.1 Å². The lowest BCUT2D eigenvalue weighted by atomic mass is 10.0. The quantitative estimate of drug-likeness (QED) is 0.870. The van der Waals surface area contributed by atoms with Crippen LogP contribution in [-0.2, 0) is 4.79 Å². The molecule has 0 radical (unpaired) electrons. The van der Waals surface area contributed by atoms with Crippen molar-refractivity contribution in [1.29, 1.82) is 0 Å². The van der Waals surface area contributed by atoms with E-state index in [9.17, 15) is 9.59 Å². The van der Waals surface area contributed by atoms with E-state index in [1.54, 1.807) is 42.2 Å². The van der Waals surface area contributed by atoms with Crippen molar-refractivity contribution in [3.63, 3.8) is 0 Å². The largest absolute Gasteiger partial charge is 0.481 e. The normalized spacial score (nSPS) is 16.2. The number of benzene rings is 1. The first-order chi connectivity index (χ1) is 12.5. The van der Waals surface area contributed by atoms with Crippen LogP contribution in [0.3, 0.4) is 0 Å². The highest BCUT2D eigenvalue weighted by molar-refractivity contribution is 6.30. The molecular weight excluding hydrogens is 356 g/mol. The van der Waals surface area contributed by atoms with Crippen molar-refractivity contribution < 1.29 is 18.7 Å². The van der Waals surface area contributed by atoms with Gasteiger partial charge in [-0.25, -0.2) is 0 Å². The molecule has 2 aromatic rings. The zero-order chi connectivity index (χ0) is 18.5. The molecule has 7 heteroatoms. The molecule has 1 aliphatic heterocycles. The zero-order valence-electron chi connectivity index (χ0n) is 14.5. The summed E-state index contributed by atoms with van der Waals surface area (Å²) >= 11 is 5.92. The van der Waals surface area contributed by atoms with E-state index in [2.05, 4.69) is 5.32 Å². The number of halogens is 1. The molecular formula is C19H21ClN2O4. The van der Waals surface area contributed by atoms with Crippen LogP contribution >= 0.6 is 11.6 Å². The molecule has 1 fully saturated rings. The van der Waals surface area contributed by atoms with Gasteiger partial charge in [0.05, 0.1) is 11.8 Å². The number of amides is 2. The monoisotopic (exact) mass is 376 g/mol. The third kappa shape index (κ3) is 4.58. The molecule has 1 atom stereocenters. The van der Waals surface area contributed by atoms with Crippen LogP contribution < -0.4 is 10.1 Å². The highest BCUT2D eigenvalue weighted by atomic mass is 35.5. The average molecular weight is 377 g/mol. The van der Waals surface area contributed by atoms with Gasteiger partial charge in [-0.3, -0.25) is 9.59 Å². The molecule has 6 nitrogen and oxygen atoms in total. The lowest BCUT2D eigenvalue weighted by Crippen LogP contribution is -2.49. The molecule has 0 saturated carbocycles. The number of nitrogens with one attached hydrogen (secondary N) is 1. The maximum absolute atomic E-state index is 12.3. The molecule has 0 spiro atoms. The van der Waals surface area contributed by atoms with E-state index in [0.717, 1.165) is 0 Å². The fourth-order valence-electron chi connectivity index (χ4n) is 2.91. The van der Waals surface area contributed by atoms with Gasteiger partial charge in [0.2, 0.25) is 0 Å². The van der Waals surface area contributed by atoms with Crippen molar-refractivity contribution >= 4 is 23.4 Å². The van der Waals surface area contributed by atoms with E-state index < -0.39 is 6.10 Å². The third-order valence-electron chi connectivity index (χ3n) is 4.37. The van der Waals surface area contributed by atoms with Crippen molar-refractivity contribution in [3.05, 3.63) is 53.4 Å². The van der Waals surface area contributed by atoms with Crippen LogP contribution in [0.25, 0.3) is 0 Å². The van der Waals surface area contributed by atoms with Gasteiger partial charge >= 0.3 is 0 Å². The topological polar surface area (TPSA) is 71.8 Å².